The van der Waals surface area contributed by atoms with Crippen LogP contribution in [0.2, 0.25) is 0 Å². The Kier molecular flexibility index (Phi) is 6.95. The van der Waals surface area contributed by atoms with Crippen LogP contribution in [0, 0.1) is 29.6 Å². The highest BCUT2D eigenvalue weighted by Crippen LogP contribution is 2.43. The van der Waals surface area contributed by atoms with Crippen LogP contribution in [0.1, 0.15) is 39.3 Å². The molecular weight excluding hydrogens is 385 g/mol. The minimum Gasteiger partial charge on any atom is -0.385 e. The van der Waals surface area contributed by atoms with Crippen LogP contribution >= 0.6 is 0 Å². The van der Waals surface area contributed by atoms with Gasteiger partial charge in [-0.3, -0.25) is 14.4 Å². The normalized spacial score (nSPS) is 20.2. The number of rotatable bonds is 9. The van der Waals surface area contributed by atoms with Crippen LogP contribution in [0.3, 0.4) is 0 Å². The van der Waals surface area contributed by atoms with Crippen LogP contribution in [0.4, 0.5) is 4.39 Å². The molecule has 0 amide bonds. The predicted molar refractivity (Wildman–Crippen MR) is 129 cm³/mol. The number of terminal acetylenes is 1. The molecule has 0 radical (unpaired) electrons. The van der Waals surface area contributed by atoms with E-state index >= 15 is 0 Å². The van der Waals surface area contributed by atoms with Gasteiger partial charge in [-0.2, -0.15) is 0 Å². The summed E-state index contributed by atoms with van der Waals surface area (Å²) >= 11 is 0. The molecule has 2 aromatic rings. The number of benzene rings is 1. The molecule has 0 saturated heterocycles. The maximum absolute atomic E-state index is 13.5. The summed E-state index contributed by atoms with van der Waals surface area (Å²) in [5, 5.41) is 5.78. The maximum atomic E-state index is 13.5. The molecule has 1 aliphatic rings. The third kappa shape index (κ3) is 4.56. The van der Waals surface area contributed by atoms with Crippen molar-refractivity contribution in [2.24, 2.45) is 22.2 Å². The number of nitrogens with zero attached hydrogens (tertiary/aromatic N) is 2. The molecule has 1 N–H and O–H groups in total. The molecule has 0 fully saturated rings. The van der Waals surface area contributed by atoms with E-state index in [1.165, 1.54) is 0 Å². The van der Waals surface area contributed by atoms with Gasteiger partial charge in [0.05, 0.1) is 24.6 Å². The Balaban J connectivity index is 1.87. The molecule has 0 spiro atoms. The van der Waals surface area contributed by atoms with Gasteiger partial charge in [-0.1, -0.05) is 64.1 Å². The van der Waals surface area contributed by atoms with Gasteiger partial charge >= 0.3 is 0 Å². The summed E-state index contributed by atoms with van der Waals surface area (Å²) in [5.74, 6) is 2.67. The van der Waals surface area contributed by atoms with Crippen LogP contribution in [-0.4, -0.2) is 30.0 Å². The van der Waals surface area contributed by atoms with Gasteiger partial charge in [-0.05, 0) is 22.9 Å². The van der Waals surface area contributed by atoms with Gasteiger partial charge in [0.25, 0.3) is 0 Å². The highest BCUT2D eigenvalue weighted by atomic mass is 19.1. The van der Waals surface area contributed by atoms with Crippen LogP contribution in [0.15, 0.2) is 65.9 Å². The minimum atomic E-state index is -0.431. The minimum absolute atomic E-state index is 0.156. The molecule has 4 heteroatoms. The molecule has 1 aliphatic heterocycles. The van der Waals surface area contributed by atoms with Gasteiger partial charge in [-0.25, -0.2) is 0 Å². The fourth-order valence-electron chi connectivity index (χ4n) is 4.29. The van der Waals surface area contributed by atoms with Crippen molar-refractivity contribution in [3.63, 3.8) is 0 Å². The maximum Gasteiger partial charge on any atom is 0.0939 e. The summed E-state index contributed by atoms with van der Waals surface area (Å²) in [4.78, 5) is 9.59. The molecule has 1 aromatic heterocycles. The quantitative estimate of drug-likeness (QED) is 0.529. The number of nitrogens with one attached hydrogen (secondary N) is 1. The summed E-state index contributed by atoms with van der Waals surface area (Å²) in [6.07, 6.45) is 8.60. The van der Waals surface area contributed by atoms with Crippen molar-refractivity contribution < 1.29 is 4.39 Å². The van der Waals surface area contributed by atoms with Gasteiger partial charge in [0.2, 0.25) is 0 Å². The third-order valence-corrected chi connectivity index (χ3v) is 6.65. The lowest BCUT2D eigenvalue weighted by molar-refractivity contribution is 0.238. The molecule has 1 aromatic carbocycles. The number of pyridine rings is 1. The molecule has 0 bridgehead atoms. The number of hydrogen-bond acceptors (Lipinski definition) is 3. The van der Waals surface area contributed by atoms with E-state index in [2.05, 4.69) is 55.4 Å². The first kappa shape index (κ1) is 22.7. The Bertz CT molecular complexity index is 1040. The summed E-state index contributed by atoms with van der Waals surface area (Å²) in [5.41, 5.74) is 3.21. The van der Waals surface area contributed by atoms with E-state index < -0.39 is 6.67 Å². The van der Waals surface area contributed by atoms with E-state index in [1.807, 2.05) is 31.3 Å². The van der Waals surface area contributed by atoms with Crippen molar-refractivity contribution in [1.29, 1.82) is 0 Å². The highest BCUT2D eigenvalue weighted by molar-refractivity contribution is 6.10. The number of alkyl halides is 1. The van der Waals surface area contributed by atoms with Gasteiger partial charge in [0.15, 0.2) is 0 Å². The van der Waals surface area contributed by atoms with Crippen molar-refractivity contribution in [3.05, 3.63) is 66.7 Å². The summed E-state index contributed by atoms with van der Waals surface area (Å²) < 4.78 is 13.5. The van der Waals surface area contributed by atoms with Gasteiger partial charge in [-0.15, -0.1) is 6.42 Å². The van der Waals surface area contributed by atoms with E-state index in [-0.39, 0.29) is 17.4 Å². The van der Waals surface area contributed by atoms with Crippen molar-refractivity contribution in [1.82, 2.24) is 10.3 Å². The summed E-state index contributed by atoms with van der Waals surface area (Å²) in [6.45, 7) is 14.8. The number of aromatic nitrogens is 1. The van der Waals surface area contributed by atoms with E-state index in [0.717, 1.165) is 34.3 Å². The summed E-state index contributed by atoms with van der Waals surface area (Å²) in [6, 6.07) is 10.1. The lowest BCUT2D eigenvalue weighted by Gasteiger charge is -2.38. The fraction of sp³-hybridized carbons (Fsp3) is 0.407. The lowest BCUT2D eigenvalue weighted by Crippen LogP contribution is -2.44. The lowest BCUT2D eigenvalue weighted by atomic mass is 9.72. The van der Waals surface area contributed by atoms with Crippen molar-refractivity contribution in [2.75, 3.05) is 13.2 Å². The van der Waals surface area contributed by atoms with Crippen LogP contribution < -0.4 is 5.32 Å². The van der Waals surface area contributed by atoms with Crippen LogP contribution in [0.25, 0.3) is 10.8 Å². The average molecular weight is 418 g/mol. The molecule has 3 unspecified atom stereocenters. The Hall–Kier alpha value is -2.93. The average Bonchev–Trinajstić information content (AvgIpc) is 3.24. The second kappa shape index (κ2) is 9.47. The molecule has 0 aliphatic carbocycles. The van der Waals surface area contributed by atoms with Crippen LogP contribution in [0.5, 0.6) is 0 Å². The Morgan fingerprint density at radius 3 is 2.68 bits per heavy atom. The second-order valence-corrected chi connectivity index (χ2v) is 8.94. The number of halogens is 1. The number of fused-ring (bicyclic) bond motifs is 1. The smallest absolute Gasteiger partial charge is 0.0939 e. The topological polar surface area (TPSA) is 37.3 Å². The molecular formula is C27H32FN3. The summed E-state index contributed by atoms with van der Waals surface area (Å²) in [7, 11) is 0. The van der Waals surface area contributed by atoms with E-state index in [1.54, 1.807) is 0 Å². The van der Waals surface area contributed by atoms with E-state index in [9.17, 15) is 4.39 Å². The Labute approximate surface area is 185 Å². The van der Waals surface area contributed by atoms with Crippen molar-refractivity contribution in [3.8, 4) is 12.3 Å². The standard InChI is InChI=1S/C27H32FN3/c1-7-19(4)14-24(20(5)16-28)31-21(6)27(18(2)3)15-25(30-17-27)26-23-11-9-8-10-22(23)12-13-29-26/h1,8-13,18,20,24,31H,4,6,14-17H2,2-3,5H3. The van der Waals surface area contributed by atoms with Gasteiger partial charge in [0, 0.05) is 47.5 Å². The highest BCUT2D eigenvalue weighted by Gasteiger charge is 2.43. The number of hydrogen-bond donors (Lipinski definition) is 1. The third-order valence-electron chi connectivity index (χ3n) is 6.65. The van der Waals surface area contributed by atoms with E-state index in [0.29, 0.717) is 24.5 Å². The zero-order chi connectivity index (χ0) is 22.6. The van der Waals surface area contributed by atoms with Crippen molar-refractivity contribution in [2.45, 2.75) is 39.7 Å². The second-order valence-electron chi connectivity index (χ2n) is 8.94. The molecule has 3 atom stereocenters. The molecule has 31 heavy (non-hydrogen) atoms. The van der Waals surface area contributed by atoms with Crippen LogP contribution in [-0.2, 0) is 0 Å². The molecule has 0 saturated carbocycles. The first-order chi connectivity index (χ1) is 14.8. The van der Waals surface area contributed by atoms with E-state index in [4.69, 9.17) is 11.4 Å². The molecule has 3 nitrogen and oxygen atoms in total. The largest absolute Gasteiger partial charge is 0.385 e. The predicted octanol–water partition coefficient (Wildman–Crippen LogP) is 5.73. The monoisotopic (exact) mass is 417 g/mol. The Morgan fingerprint density at radius 2 is 2.00 bits per heavy atom. The van der Waals surface area contributed by atoms with Gasteiger partial charge in [0.1, 0.15) is 0 Å². The first-order valence-corrected chi connectivity index (χ1v) is 10.9. The molecule has 162 valence electrons. The SMILES string of the molecule is C#CC(=C)CC(NC(=C)C1(C(C)C)CN=C(c2nccc3ccccc23)C1)C(C)CF. The Morgan fingerprint density at radius 1 is 1.26 bits per heavy atom. The zero-order valence-electron chi connectivity index (χ0n) is 18.8. The fourth-order valence-corrected chi connectivity index (χ4v) is 4.29. The molecule has 3 rings (SSSR count). The molecule has 2 heterocycles. The van der Waals surface area contributed by atoms with Crippen molar-refractivity contribution >= 4 is 16.5 Å². The zero-order valence-corrected chi connectivity index (χ0v) is 18.8. The first-order valence-electron chi connectivity index (χ1n) is 10.9. The van der Waals surface area contributed by atoms with Gasteiger partial charge < -0.3 is 5.32 Å². The number of aliphatic imine (C=N–C) groups is 1.